The number of rotatable bonds is 3. The minimum Gasteiger partial charge on any atom is -0.481 e. The SMILES string of the molecule is COc1cc(-c2ccc(C(C)=O)c(C)c2)c(F)cn1. The first-order valence-corrected chi connectivity index (χ1v) is 5.84. The number of aromatic nitrogens is 1. The van der Waals surface area contributed by atoms with Gasteiger partial charge in [0.15, 0.2) is 5.78 Å². The highest BCUT2D eigenvalue weighted by molar-refractivity contribution is 5.96. The van der Waals surface area contributed by atoms with Gasteiger partial charge in [-0.15, -0.1) is 0 Å². The average molecular weight is 259 g/mol. The summed E-state index contributed by atoms with van der Waals surface area (Å²) in [6.45, 7) is 3.34. The van der Waals surface area contributed by atoms with Gasteiger partial charge < -0.3 is 4.74 Å². The number of carbonyl (C=O) groups is 1. The normalized spacial score (nSPS) is 10.3. The number of hydrogen-bond acceptors (Lipinski definition) is 3. The van der Waals surface area contributed by atoms with E-state index in [9.17, 15) is 9.18 Å². The third-order valence-electron chi connectivity index (χ3n) is 2.96. The molecule has 19 heavy (non-hydrogen) atoms. The first-order chi connectivity index (χ1) is 9.02. The monoisotopic (exact) mass is 259 g/mol. The molecule has 0 fully saturated rings. The van der Waals surface area contributed by atoms with Crippen LogP contribution < -0.4 is 4.74 Å². The Morgan fingerprint density at radius 3 is 2.63 bits per heavy atom. The van der Waals surface area contributed by atoms with Gasteiger partial charge in [-0.3, -0.25) is 4.79 Å². The van der Waals surface area contributed by atoms with Gasteiger partial charge in [0, 0.05) is 17.2 Å². The van der Waals surface area contributed by atoms with Crippen molar-refractivity contribution in [3.63, 3.8) is 0 Å². The summed E-state index contributed by atoms with van der Waals surface area (Å²) in [4.78, 5) is 15.2. The molecular formula is C15H14FNO2. The van der Waals surface area contributed by atoms with Crippen molar-refractivity contribution in [1.82, 2.24) is 4.98 Å². The molecule has 0 atom stereocenters. The molecule has 2 rings (SSSR count). The number of ether oxygens (including phenoxy) is 1. The van der Waals surface area contributed by atoms with Gasteiger partial charge in [0.25, 0.3) is 0 Å². The Hall–Kier alpha value is -2.23. The number of halogens is 1. The number of aryl methyl sites for hydroxylation is 1. The molecule has 0 aliphatic rings. The molecule has 0 N–H and O–H groups in total. The molecule has 0 aliphatic carbocycles. The number of nitrogens with zero attached hydrogens (tertiary/aromatic N) is 1. The minimum absolute atomic E-state index is 0.00293. The van der Waals surface area contributed by atoms with Gasteiger partial charge in [-0.25, -0.2) is 9.37 Å². The highest BCUT2D eigenvalue weighted by Crippen LogP contribution is 2.27. The third kappa shape index (κ3) is 2.62. The molecule has 0 unspecified atom stereocenters. The summed E-state index contributed by atoms with van der Waals surface area (Å²) in [6, 6.07) is 6.76. The van der Waals surface area contributed by atoms with E-state index in [1.54, 1.807) is 18.2 Å². The number of hydrogen-bond donors (Lipinski definition) is 0. The molecule has 1 heterocycles. The molecule has 4 heteroatoms. The van der Waals surface area contributed by atoms with E-state index in [0.29, 0.717) is 22.6 Å². The lowest BCUT2D eigenvalue weighted by molar-refractivity contribution is 0.101. The number of ketones is 1. The lowest BCUT2D eigenvalue weighted by Gasteiger charge is -2.08. The summed E-state index contributed by atoms with van der Waals surface area (Å²) in [5, 5.41) is 0. The summed E-state index contributed by atoms with van der Waals surface area (Å²) < 4.78 is 18.8. The maximum absolute atomic E-state index is 13.8. The molecule has 2 aromatic rings. The molecule has 1 aromatic carbocycles. The van der Waals surface area contributed by atoms with Crippen molar-refractivity contribution in [2.24, 2.45) is 0 Å². The van der Waals surface area contributed by atoms with Gasteiger partial charge in [0.2, 0.25) is 5.88 Å². The van der Waals surface area contributed by atoms with Crippen LogP contribution in [-0.2, 0) is 0 Å². The molecule has 3 nitrogen and oxygen atoms in total. The van der Waals surface area contributed by atoms with Crippen molar-refractivity contribution in [3.05, 3.63) is 47.4 Å². The molecular weight excluding hydrogens is 245 g/mol. The molecule has 0 bridgehead atoms. The second-order valence-corrected chi connectivity index (χ2v) is 4.29. The van der Waals surface area contributed by atoms with Crippen molar-refractivity contribution >= 4 is 5.78 Å². The maximum atomic E-state index is 13.8. The van der Waals surface area contributed by atoms with E-state index in [1.165, 1.54) is 20.1 Å². The van der Waals surface area contributed by atoms with Crippen LogP contribution >= 0.6 is 0 Å². The molecule has 98 valence electrons. The van der Waals surface area contributed by atoms with Crippen LogP contribution in [0, 0.1) is 12.7 Å². The van der Waals surface area contributed by atoms with Crippen molar-refractivity contribution in [3.8, 4) is 17.0 Å². The van der Waals surface area contributed by atoms with Crippen molar-refractivity contribution in [1.29, 1.82) is 0 Å². The Morgan fingerprint density at radius 2 is 2.05 bits per heavy atom. The number of benzene rings is 1. The molecule has 1 aromatic heterocycles. The van der Waals surface area contributed by atoms with Gasteiger partial charge >= 0.3 is 0 Å². The van der Waals surface area contributed by atoms with Crippen LogP contribution in [0.15, 0.2) is 30.5 Å². The fraction of sp³-hybridized carbons (Fsp3) is 0.200. The number of pyridine rings is 1. The van der Waals surface area contributed by atoms with Gasteiger partial charge in [-0.2, -0.15) is 0 Å². The third-order valence-corrected chi connectivity index (χ3v) is 2.96. The summed E-state index contributed by atoms with van der Waals surface area (Å²) in [5.74, 6) is -0.0719. The zero-order chi connectivity index (χ0) is 14.0. The van der Waals surface area contributed by atoms with Gasteiger partial charge in [0.05, 0.1) is 13.3 Å². The molecule has 0 aliphatic heterocycles. The number of carbonyl (C=O) groups excluding carboxylic acids is 1. The van der Waals surface area contributed by atoms with Gasteiger partial charge in [-0.05, 0) is 25.0 Å². The van der Waals surface area contributed by atoms with Crippen LogP contribution in [0.1, 0.15) is 22.8 Å². The summed E-state index contributed by atoms with van der Waals surface area (Å²) in [5.41, 5.74) is 2.57. The lowest BCUT2D eigenvalue weighted by Crippen LogP contribution is -1.97. The molecule has 0 radical (unpaired) electrons. The largest absolute Gasteiger partial charge is 0.481 e. The topological polar surface area (TPSA) is 39.2 Å². The highest BCUT2D eigenvalue weighted by Gasteiger charge is 2.10. The maximum Gasteiger partial charge on any atom is 0.213 e. The van der Waals surface area contributed by atoms with Crippen LogP contribution in [0.25, 0.3) is 11.1 Å². The fourth-order valence-corrected chi connectivity index (χ4v) is 1.98. The Kier molecular flexibility index (Phi) is 3.60. The minimum atomic E-state index is -0.421. The quantitative estimate of drug-likeness (QED) is 0.793. The fourth-order valence-electron chi connectivity index (χ4n) is 1.98. The molecule has 0 saturated carbocycles. The lowest BCUT2D eigenvalue weighted by atomic mass is 9.98. The van der Waals surface area contributed by atoms with Crippen molar-refractivity contribution in [2.45, 2.75) is 13.8 Å². The van der Waals surface area contributed by atoms with Crippen LogP contribution in [0.4, 0.5) is 4.39 Å². The first kappa shape index (κ1) is 13.2. The molecule has 0 amide bonds. The van der Waals surface area contributed by atoms with E-state index < -0.39 is 5.82 Å². The van der Waals surface area contributed by atoms with Gasteiger partial charge in [0.1, 0.15) is 5.82 Å². The predicted molar refractivity (Wildman–Crippen MR) is 70.9 cm³/mol. The molecule has 0 saturated heterocycles. The Bertz CT molecular complexity index is 638. The predicted octanol–water partition coefficient (Wildman–Crippen LogP) is 3.41. The summed E-state index contributed by atoms with van der Waals surface area (Å²) >= 11 is 0. The first-order valence-electron chi connectivity index (χ1n) is 5.84. The second-order valence-electron chi connectivity index (χ2n) is 4.29. The van der Waals surface area contributed by atoms with Crippen LogP contribution in [-0.4, -0.2) is 17.9 Å². The van der Waals surface area contributed by atoms with E-state index in [2.05, 4.69) is 4.98 Å². The Labute approximate surface area is 111 Å². The van der Waals surface area contributed by atoms with Crippen LogP contribution in [0.3, 0.4) is 0 Å². The van der Waals surface area contributed by atoms with Crippen molar-refractivity contribution in [2.75, 3.05) is 7.11 Å². The Morgan fingerprint density at radius 1 is 1.32 bits per heavy atom. The average Bonchev–Trinajstić information content (AvgIpc) is 2.38. The standard InChI is InChI=1S/C15H14FNO2/c1-9-6-11(4-5-12(9)10(2)18)13-7-15(19-3)17-8-14(13)16/h4-8H,1-3H3. The number of methoxy groups -OCH3 is 1. The van der Waals surface area contributed by atoms with E-state index in [-0.39, 0.29) is 5.78 Å². The van der Waals surface area contributed by atoms with E-state index in [4.69, 9.17) is 4.74 Å². The van der Waals surface area contributed by atoms with Crippen LogP contribution in [0.5, 0.6) is 5.88 Å². The zero-order valence-electron chi connectivity index (χ0n) is 11.0. The second kappa shape index (κ2) is 5.18. The molecule has 0 spiro atoms. The van der Waals surface area contributed by atoms with Crippen LogP contribution in [0.2, 0.25) is 0 Å². The van der Waals surface area contributed by atoms with Gasteiger partial charge in [-0.1, -0.05) is 18.2 Å². The highest BCUT2D eigenvalue weighted by atomic mass is 19.1. The summed E-state index contributed by atoms with van der Waals surface area (Å²) in [6.07, 6.45) is 1.13. The Balaban J connectivity index is 2.53. The smallest absolute Gasteiger partial charge is 0.213 e. The van der Waals surface area contributed by atoms with E-state index >= 15 is 0 Å². The number of Topliss-reactive ketones (excluding diaryl/α,β-unsaturated/α-hetero) is 1. The zero-order valence-corrected chi connectivity index (χ0v) is 11.0. The van der Waals surface area contributed by atoms with E-state index in [1.807, 2.05) is 6.92 Å². The van der Waals surface area contributed by atoms with Crippen molar-refractivity contribution < 1.29 is 13.9 Å². The summed E-state index contributed by atoms with van der Waals surface area (Å²) in [7, 11) is 1.48. The van der Waals surface area contributed by atoms with E-state index in [0.717, 1.165) is 11.8 Å².